The van der Waals surface area contributed by atoms with Gasteiger partial charge < -0.3 is 15.2 Å². The van der Waals surface area contributed by atoms with Crippen molar-refractivity contribution < 1.29 is 9.84 Å². The molecule has 1 aliphatic rings. The zero-order valence-corrected chi connectivity index (χ0v) is 7.10. The van der Waals surface area contributed by atoms with E-state index in [9.17, 15) is 0 Å². The molecular formula is C8H17NO2. The fourth-order valence-electron chi connectivity index (χ4n) is 1.61. The molecule has 0 bridgehead atoms. The average molecular weight is 159 g/mol. The SMILES string of the molecule is COCC1(CO)CCCCN1. The van der Waals surface area contributed by atoms with Crippen molar-refractivity contribution in [3.05, 3.63) is 0 Å². The molecule has 0 radical (unpaired) electrons. The van der Waals surface area contributed by atoms with E-state index in [0.29, 0.717) is 6.61 Å². The lowest BCUT2D eigenvalue weighted by Gasteiger charge is -2.36. The number of hydrogen-bond donors (Lipinski definition) is 2. The Bertz CT molecular complexity index is 105. The monoisotopic (exact) mass is 159 g/mol. The van der Waals surface area contributed by atoms with Gasteiger partial charge in [0, 0.05) is 7.11 Å². The van der Waals surface area contributed by atoms with Crippen LogP contribution in [-0.2, 0) is 4.74 Å². The van der Waals surface area contributed by atoms with Gasteiger partial charge in [-0.3, -0.25) is 0 Å². The first-order valence-electron chi connectivity index (χ1n) is 4.18. The first-order valence-corrected chi connectivity index (χ1v) is 4.18. The molecule has 1 atom stereocenters. The molecule has 0 aliphatic carbocycles. The minimum atomic E-state index is -0.146. The average Bonchev–Trinajstić information content (AvgIpc) is 2.07. The van der Waals surface area contributed by atoms with Crippen LogP contribution in [0.1, 0.15) is 19.3 Å². The molecule has 1 aliphatic heterocycles. The Morgan fingerprint density at radius 3 is 2.82 bits per heavy atom. The summed E-state index contributed by atoms with van der Waals surface area (Å²) in [5, 5.41) is 12.4. The number of nitrogens with one attached hydrogen (secondary N) is 1. The number of aliphatic hydroxyl groups is 1. The Morgan fingerprint density at radius 2 is 2.36 bits per heavy atom. The lowest BCUT2D eigenvalue weighted by Crippen LogP contribution is -2.54. The maximum atomic E-state index is 9.13. The quantitative estimate of drug-likeness (QED) is 0.615. The maximum absolute atomic E-state index is 9.13. The van der Waals surface area contributed by atoms with E-state index in [1.807, 2.05) is 0 Å². The Labute approximate surface area is 67.7 Å². The summed E-state index contributed by atoms with van der Waals surface area (Å²) in [6, 6.07) is 0. The summed E-state index contributed by atoms with van der Waals surface area (Å²) >= 11 is 0. The molecule has 3 heteroatoms. The fraction of sp³-hybridized carbons (Fsp3) is 1.00. The third-order valence-electron chi connectivity index (χ3n) is 2.31. The largest absolute Gasteiger partial charge is 0.394 e. The first kappa shape index (κ1) is 8.97. The predicted octanol–water partition coefficient (Wildman–Crippen LogP) is 0.137. The van der Waals surface area contributed by atoms with Crippen molar-refractivity contribution in [3.63, 3.8) is 0 Å². The Balaban J connectivity index is 2.42. The van der Waals surface area contributed by atoms with E-state index < -0.39 is 0 Å². The molecule has 1 fully saturated rings. The second-order valence-electron chi connectivity index (χ2n) is 3.26. The van der Waals surface area contributed by atoms with Crippen molar-refractivity contribution in [1.82, 2.24) is 5.32 Å². The van der Waals surface area contributed by atoms with Crippen molar-refractivity contribution in [1.29, 1.82) is 0 Å². The van der Waals surface area contributed by atoms with Crippen molar-refractivity contribution in [3.8, 4) is 0 Å². The van der Waals surface area contributed by atoms with Gasteiger partial charge in [0.1, 0.15) is 0 Å². The molecule has 11 heavy (non-hydrogen) atoms. The number of aliphatic hydroxyl groups excluding tert-OH is 1. The summed E-state index contributed by atoms with van der Waals surface area (Å²) in [4.78, 5) is 0. The highest BCUT2D eigenvalue weighted by molar-refractivity contribution is 4.90. The molecule has 0 aromatic carbocycles. The number of methoxy groups -OCH3 is 1. The molecule has 1 saturated heterocycles. The third-order valence-corrected chi connectivity index (χ3v) is 2.31. The van der Waals surface area contributed by atoms with Crippen LogP contribution in [0.2, 0.25) is 0 Å². The molecule has 0 saturated carbocycles. The second kappa shape index (κ2) is 4.04. The summed E-state index contributed by atoms with van der Waals surface area (Å²) in [6.07, 6.45) is 3.43. The summed E-state index contributed by atoms with van der Waals surface area (Å²) in [5.74, 6) is 0. The van der Waals surface area contributed by atoms with E-state index in [2.05, 4.69) is 5.32 Å². The highest BCUT2D eigenvalue weighted by Crippen LogP contribution is 2.18. The molecule has 0 spiro atoms. The standard InChI is InChI=1S/C8H17NO2/c1-11-7-8(6-10)4-2-3-5-9-8/h9-10H,2-7H2,1H3. The molecule has 1 rings (SSSR count). The molecule has 66 valence electrons. The van der Waals surface area contributed by atoms with Crippen molar-refractivity contribution in [2.24, 2.45) is 0 Å². The third kappa shape index (κ3) is 2.15. The van der Waals surface area contributed by atoms with Crippen LogP contribution < -0.4 is 5.32 Å². The van der Waals surface area contributed by atoms with E-state index in [4.69, 9.17) is 9.84 Å². The number of rotatable bonds is 3. The van der Waals surface area contributed by atoms with Crippen molar-refractivity contribution in [2.45, 2.75) is 24.8 Å². The Hall–Kier alpha value is -0.120. The molecule has 1 heterocycles. The van der Waals surface area contributed by atoms with Gasteiger partial charge in [-0.05, 0) is 19.4 Å². The molecular weight excluding hydrogens is 142 g/mol. The first-order chi connectivity index (χ1) is 5.33. The molecule has 2 N–H and O–H groups in total. The molecule has 1 unspecified atom stereocenters. The van der Waals surface area contributed by atoms with Crippen LogP contribution in [0.25, 0.3) is 0 Å². The van der Waals surface area contributed by atoms with Gasteiger partial charge in [-0.1, -0.05) is 6.42 Å². The topological polar surface area (TPSA) is 41.5 Å². The van der Waals surface area contributed by atoms with E-state index in [1.165, 1.54) is 12.8 Å². The van der Waals surface area contributed by atoms with Gasteiger partial charge in [-0.15, -0.1) is 0 Å². The van der Waals surface area contributed by atoms with Crippen LogP contribution in [0.3, 0.4) is 0 Å². The second-order valence-corrected chi connectivity index (χ2v) is 3.26. The van der Waals surface area contributed by atoms with Crippen LogP contribution >= 0.6 is 0 Å². The zero-order valence-electron chi connectivity index (χ0n) is 7.10. The zero-order chi connectivity index (χ0) is 8.16. The summed E-state index contributed by atoms with van der Waals surface area (Å²) in [6.45, 7) is 1.80. The van der Waals surface area contributed by atoms with Gasteiger partial charge in [0.05, 0.1) is 18.8 Å². The lowest BCUT2D eigenvalue weighted by molar-refractivity contribution is 0.0453. The number of ether oxygens (including phenoxy) is 1. The van der Waals surface area contributed by atoms with Crippen LogP contribution in [0.5, 0.6) is 0 Å². The Morgan fingerprint density at radius 1 is 1.55 bits per heavy atom. The van der Waals surface area contributed by atoms with E-state index >= 15 is 0 Å². The van der Waals surface area contributed by atoms with Gasteiger partial charge in [0.15, 0.2) is 0 Å². The van der Waals surface area contributed by atoms with E-state index in [1.54, 1.807) is 7.11 Å². The minimum absolute atomic E-state index is 0.146. The molecule has 0 amide bonds. The predicted molar refractivity (Wildman–Crippen MR) is 43.5 cm³/mol. The Kier molecular flexibility index (Phi) is 3.30. The highest BCUT2D eigenvalue weighted by Gasteiger charge is 2.30. The fourth-order valence-corrected chi connectivity index (χ4v) is 1.61. The number of hydrogen-bond acceptors (Lipinski definition) is 3. The van der Waals surface area contributed by atoms with Crippen LogP contribution in [-0.4, -0.2) is 37.5 Å². The van der Waals surface area contributed by atoms with Gasteiger partial charge >= 0.3 is 0 Å². The number of piperidine rings is 1. The van der Waals surface area contributed by atoms with E-state index in [-0.39, 0.29) is 12.1 Å². The van der Waals surface area contributed by atoms with Crippen LogP contribution in [0.4, 0.5) is 0 Å². The summed E-state index contributed by atoms with van der Waals surface area (Å²) in [7, 11) is 1.67. The van der Waals surface area contributed by atoms with Crippen LogP contribution in [0, 0.1) is 0 Å². The minimum Gasteiger partial charge on any atom is -0.394 e. The van der Waals surface area contributed by atoms with Gasteiger partial charge in [-0.25, -0.2) is 0 Å². The van der Waals surface area contributed by atoms with E-state index in [0.717, 1.165) is 13.0 Å². The molecule has 3 nitrogen and oxygen atoms in total. The molecule has 0 aromatic heterocycles. The highest BCUT2D eigenvalue weighted by atomic mass is 16.5. The van der Waals surface area contributed by atoms with Gasteiger partial charge in [-0.2, -0.15) is 0 Å². The molecule has 0 aromatic rings. The lowest BCUT2D eigenvalue weighted by atomic mass is 9.91. The van der Waals surface area contributed by atoms with Gasteiger partial charge in [0.25, 0.3) is 0 Å². The normalized spacial score (nSPS) is 32.2. The van der Waals surface area contributed by atoms with Gasteiger partial charge in [0.2, 0.25) is 0 Å². The maximum Gasteiger partial charge on any atom is 0.0667 e. The van der Waals surface area contributed by atoms with Crippen molar-refractivity contribution in [2.75, 3.05) is 26.9 Å². The van der Waals surface area contributed by atoms with Crippen molar-refractivity contribution >= 4 is 0 Å². The summed E-state index contributed by atoms with van der Waals surface area (Å²) in [5.41, 5.74) is -0.146. The smallest absolute Gasteiger partial charge is 0.0667 e. The van der Waals surface area contributed by atoms with Crippen LogP contribution in [0.15, 0.2) is 0 Å². The summed E-state index contributed by atoms with van der Waals surface area (Å²) < 4.78 is 5.05.